The second-order valence-corrected chi connectivity index (χ2v) is 4.07. The van der Waals surface area contributed by atoms with Gasteiger partial charge in [-0.1, -0.05) is 36.4 Å². The lowest BCUT2D eigenvalue weighted by molar-refractivity contribution is 0.859. The van der Waals surface area contributed by atoms with Gasteiger partial charge in [0.05, 0.1) is 0 Å². The van der Waals surface area contributed by atoms with E-state index < -0.39 is 0 Å². The maximum Gasteiger partial charge on any atom is 0.142 e. The minimum absolute atomic E-state index is 0.669. The summed E-state index contributed by atoms with van der Waals surface area (Å²) in [5.74, 6) is 6.82. The van der Waals surface area contributed by atoms with Crippen LogP contribution < -0.4 is 16.6 Å². The van der Waals surface area contributed by atoms with Crippen molar-refractivity contribution in [3.63, 3.8) is 0 Å². The topological polar surface area (TPSA) is 63.0 Å². The highest BCUT2D eigenvalue weighted by Crippen LogP contribution is 2.08. The Morgan fingerprint density at radius 1 is 0.944 bits per heavy atom. The normalized spacial score (nSPS) is 10.1. The van der Waals surface area contributed by atoms with Crippen LogP contribution in [0.25, 0.3) is 0 Å². The standard InChI is InChI=1S/C14H18N4/c15-18-14-10-4-9-13(17-14)16-11-5-8-12-6-2-1-3-7-12/h1-4,6-7,9-10H,5,8,11,15H2,(H2,16,17,18). The maximum absolute atomic E-state index is 5.31. The Balaban J connectivity index is 1.75. The molecule has 1 aromatic heterocycles. The van der Waals surface area contributed by atoms with Gasteiger partial charge in [0.1, 0.15) is 11.6 Å². The average molecular weight is 242 g/mol. The Morgan fingerprint density at radius 3 is 2.50 bits per heavy atom. The van der Waals surface area contributed by atoms with E-state index in [1.165, 1.54) is 5.56 Å². The second kappa shape index (κ2) is 6.61. The van der Waals surface area contributed by atoms with Crippen LogP contribution in [0.2, 0.25) is 0 Å². The summed E-state index contributed by atoms with van der Waals surface area (Å²) in [4.78, 5) is 4.29. The van der Waals surface area contributed by atoms with Crippen LogP contribution in [-0.2, 0) is 6.42 Å². The van der Waals surface area contributed by atoms with Crippen molar-refractivity contribution in [1.29, 1.82) is 0 Å². The first kappa shape index (κ1) is 12.4. The molecule has 0 spiro atoms. The number of anilines is 2. The molecule has 94 valence electrons. The Morgan fingerprint density at radius 2 is 1.72 bits per heavy atom. The van der Waals surface area contributed by atoms with E-state index >= 15 is 0 Å². The molecule has 0 saturated heterocycles. The smallest absolute Gasteiger partial charge is 0.142 e. The third kappa shape index (κ3) is 3.75. The predicted molar refractivity (Wildman–Crippen MR) is 75.3 cm³/mol. The predicted octanol–water partition coefficient (Wildman–Crippen LogP) is 2.41. The van der Waals surface area contributed by atoms with Crippen molar-refractivity contribution in [2.75, 3.05) is 17.3 Å². The lowest BCUT2D eigenvalue weighted by Gasteiger charge is -2.07. The Bertz CT molecular complexity index is 470. The van der Waals surface area contributed by atoms with E-state index in [0.717, 1.165) is 25.2 Å². The molecule has 0 bridgehead atoms. The van der Waals surface area contributed by atoms with Crippen LogP contribution >= 0.6 is 0 Å². The van der Waals surface area contributed by atoms with Crippen molar-refractivity contribution in [2.24, 2.45) is 5.84 Å². The summed E-state index contributed by atoms with van der Waals surface area (Å²) in [6, 6.07) is 16.2. The van der Waals surface area contributed by atoms with E-state index in [-0.39, 0.29) is 0 Å². The van der Waals surface area contributed by atoms with E-state index in [1.807, 2.05) is 24.3 Å². The average Bonchev–Trinajstić information content (AvgIpc) is 2.45. The first-order chi connectivity index (χ1) is 8.88. The summed E-state index contributed by atoms with van der Waals surface area (Å²) in [6.07, 6.45) is 2.15. The highest BCUT2D eigenvalue weighted by atomic mass is 15.3. The molecule has 1 aromatic carbocycles. The highest BCUT2D eigenvalue weighted by Gasteiger charge is 1.96. The molecule has 4 heteroatoms. The number of aryl methyl sites for hydroxylation is 1. The number of nitrogen functional groups attached to an aromatic ring is 1. The van der Waals surface area contributed by atoms with Crippen LogP contribution in [0, 0.1) is 0 Å². The second-order valence-electron chi connectivity index (χ2n) is 4.07. The Hall–Kier alpha value is -2.07. The van der Waals surface area contributed by atoms with Gasteiger partial charge in [0, 0.05) is 6.54 Å². The molecule has 0 unspecified atom stereocenters. The molecule has 2 rings (SSSR count). The third-order valence-corrected chi connectivity index (χ3v) is 2.69. The van der Waals surface area contributed by atoms with E-state index in [4.69, 9.17) is 5.84 Å². The van der Waals surface area contributed by atoms with Crippen molar-refractivity contribution in [1.82, 2.24) is 4.98 Å². The Kier molecular flexibility index (Phi) is 4.55. The quantitative estimate of drug-likeness (QED) is 0.413. The van der Waals surface area contributed by atoms with Gasteiger partial charge in [-0.25, -0.2) is 10.8 Å². The number of nitrogens with one attached hydrogen (secondary N) is 2. The van der Waals surface area contributed by atoms with Gasteiger partial charge in [0.2, 0.25) is 0 Å². The number of rotatable bonds is 6. The van der Waals surface area contributed by atoms with Gasteiger partial charge in [-0.3, -0.25) is 0 Å². The summed E-state index contributed by atoms with van der Waals surface area (Å²) in [7, 11) is 0. The number of nitrogens with zero attached hydrogens (tertiary/aromatic N) is 1. The first-order valence-corrected chi connectivity index (χ1v) is 6.10. The summed E-state index contributed by atoms with van der Waals surface area (Å²) < 4.78 is 0. The fraction of sp³-hybridized carbons (Fsp3) is 0.214. The molecule has 2 aromatic rings. The van der Waals surface area contributed by atoms with Gasteiger partial charge in [0.15, 0.2) is 0 Å². The molecule has 0 fully saturated rings. The first-order valence-electron chi connectivity index (χ1n) is 6.10. The number of hydrogen-bond acceptors (Lipinski definition) is 4. The zero-order valence-electron chi connectivity index (χ0n) is 10.3. The molecule has 0 radical (unpaired) electrons. The maximum atomic E-state index is 5.31. The third-order valence-electron chi connectivity index (χ3n) is 2.69. The molecular weight excluding hydrogens is 224 g/mol. The minimum Gasteiger partial charge on any atom is -0.370 e. The molecule has 4 nitrogen and oxygen atoms in total. The molecule has 0 aliphatic rings. The molecule has 18 heavy (non-hydrogen) atoms. The van der Waals surface area contributed by atoms with Crippen LogP contribution in [0.4, 0.5) is 11.6 Å². The summed E-state index contributed by atoms with van der Waals surface area (Å²) in [5, 5.41) is 3.28. The minimum atomic E-state index is 0.669. The van der Waals surface area contributed by atoms with Crippen molar-refractivity contribution in [2.45, 2.75) is 12.8 Å². The van der Waals surface area contributed by atoms with Crippen molar-refractivity contribution < 1.29 is 0 Å². The number of nitrogens with two attached hydrogens (primary N) is 1. The molecule has 1 heterocycles. The zero-order valence-corrected chi connectivity index (χ0v) is 10.3. The number of hydrazine groups is 1. The van der Waals surface area contributed by atoms with Crippen LogP contribution in [0.3, 0.4) is 0 Å². The molecular formula is C14H18N4. The summed E-state index contributed by atoms with van der Waals surface area (Å²) >= 11 is 0. The Labute approximate surface area is 107 Å². The monoisotopic (exact) mass is 242 g/mol. The van der Waals surface area contributed by atoms with Crippen molar-refractivity contribution in [3.8, 4) is 0 Å². The lowest BCUT2D eigenvalue weighted by atomic mass is 10.1. The van der Waals surface area contributed by atoms with Crippen molar-refractivity contribution >= 4 is 11.6 Å². The van der Waals surface area contributed by atoms with Gasteiger partial charge < -0.3 is 10.7 Å². The van der Waals surface area contributed by atoms with Gasteiger partial charge in [-0.2, -0.15) is 0 Å². The van der Waals surface area contributed by atoms with Gasteiger partial charge in [-0.05, 0) is 30.5 Å². The van der Waals surface area contributed by atoms with E-state index in [1.54, 1.807) is 0 Å². The highest BCUT2D eigenvalue weighted by molar-refractivity contribution is 5.44. The fourth-order valence-electron chi connectivity index (χ4n) is 1.77. The van der Waals surface area contributed by atoms with Crippen molar-refractivity contribution in [3.05, 3.63) is 54.1 Å². The number of hydrogen-bond donors (Lipinski definition) is 3. The fourth-order valence-corrected chi connectivity index (χ4v) is 1.77. The van der Waals surface area contributed by atoms with Gasteiger partial charge in [0.25, 0.3) is 0 Å². The molecule has 0 atom stereocenters. The summed E-state index contributed by atoms with van der Waals surface area (Å²) in [5.41, 5.74) is 3.90. The van der Waals surface area contributed by atoms with Gasteiger partial charge in [-0.15, -0.1) is 0 Å². The molecule has 0 aliphatic carbocycles. The SMILES string of the molecule is NNc1cccc(NCCCc2ccccc2)n1. The summed E-state index contributed by atoms with van der Waals surface area (Å²) in [6.45, 7) is 0.899. The lowest BCUT2D eigenvalue weighted by Crippen LogP contribution is -2.10. The van der Waals surface area contributed by atoms with E-state index in [2.05, 4.69) is 40.0 Å². The molecule has 0 amide bonds. The molecule has 0 saturated carbocycles. The largest absolute Gasteiger partial charge is 0.370 e. The van der Waals surface area contributed by atoms with Gasteiger partial charge >= 0.3 is 0 Å². The zero-order chi connectivity index (χ0) is 12.6. The van der Waals surface area contributed by atoms with Crippen LogP contribution in [0.1, 0.15) is 12.0 Å². The van der Waals surface area contributed by atoms with Crippen LogP contribution in [0.15, 0.2) is 48.5 Å². The van der Waals surface area contributed by atoms with Crippen LogP contribution in [0.5, 0.6) is 0 Å². The molecule has 0 aliphatic heterocycles. The number of benzene rings is 1. The number of aromatic nitrogens is 1. The molecule has 4 N–H and O–H groups in total. The van der Waals surface area contributed by atoms with E-state index in [9.17, 15) is 0 Å². The van der Waals surface area contributed by atoms with E-state index in [0.29, 0.717) is 5.82 Å². The number of pyridine rings is 1. The van der Waals surface area contributed by atoms with Crippen LogP contribution in [-0.4, -0.2) is 11.5 Å².